The number of hydrogen-bond donors (Lipinski definition) is 0. The van der Waals surface area contributed by atoms with Gasteiger partial charge in [0.25, 0.3) is 0 Å². The highest BCUT2D eigenvalue weighted by Gasteiger charge is 2.56. The highest BCUT2D eigenvalue weighted by atomic mass is 16.6. The standard InChI is InChI=1S/C18H25N3O2.C9H20N2/c1-19-11-12-21-16(14-19)18(23-17(21)22)7-9-20(10-8-18)13-15-5-3-2-4-6-15;1-9(2,3)11-7-5-10(4)6-8-11/h2-6,16H,7-14H2,1H3;5-8H2,1-4H3. The number of piperazine rings is 2. The van der Waals surface area contributed by atoms with E-state index in [9.17, 15) is 4.79 Å². The molecule has 7 heteroatoms. The molecule has 0 bridgehead atoms. The van der Waals surface area contributed by atoms with Gasteiger partial charge in [-0.2, -0.15) is 0 Å². The first kappa shape index (κ1) is 25.4. The number of nitrogens with zero attached hydrogens (tertiary/aromatic N) is 5. The zero-order chi connectivity index (χ0) is 24.3. The largest absolute Gasteiger partial charge is 0.440 e. The summed E-state index contributed by atoms with van der Waals surface area (Å²) in [6.07, 6.45) is 1.79. The number of carbonyl (C=O) groups is 1. The van der Waals surface area contributed by atoms with Crippen molar-refractivity contribution in [3.8, 4) is 0 Å². The molecule has 4 aliphatic rings. The zero-order valence-corrected chi connectivity index (χ0v) is 22.0. The maximum atomic E-state index is 12.2. The number of benzene rings is 1. The molecule has 190 valence electrons. The summed E-state index contributed by atoms with van der Waals surface area (Å²) < 4.78 is 5.92. The van der Waals surface area contributed by atoms with Gasteiger partial charge in [-0.15, -0.1) is 0 Å². The Morgan fingerprint density at radius 2 is 1.50 bits per heavy atom. The van der Waals surface area contributed by atoms with Gasteiger partial charge >= 0.3 is 6.09 Å². The topological polar surface area (TPSA) is 42.5 Å². The molecule has 4 saturated heterocycles. The van der Waals surface area contributed by atoms with Gasteiger partial charge < -0.3 is 14.5 Å². The van der Waals surface area contributed by atoms with Gasteiger partial charge in [-0.3, -0.25) is 14.7 Å². The molecule has 1 aromatic rings. The Morgan fingerprint density at radius 1 is 0.882 bits per heavy atom. The van der Waals surface area contributed by atoms with Crippen molar-refractivity contribution in [2.75, 3.05) is 73.0 Å². The van der Waals surface area contributed by atoms with Crippen molar-refractivity contribution in [2.24, 2.45) is 0 Å². The van der Waals surface area contributed by atoms with E-state index < -0.39 is 0 Å². The summed E-state index contributed by atoms with van der Waals surface area (Å²) in [6.45, 7) is 17.4. The predicted octanol–water partition coefficient (Wildman–Crippen LogP) is 2.82. The van der Waals surface area contributed by atoms with Crippen molar-refractivity contribution in [3.63, 3.8) is 0 Å². The lowest BCUT2D eigenvalue weighted by Gasteiger charge is -2.44. The molecule has 1 amide bonds. The second-order valence-electron chi connectivity index (χ2n) is 11.6. The lowest BCUT2D eigenvalue weighted by atomic mass is 9.83. The average Bonchev–Trinajstić information content (AvgIpc) is 3.07. The minimum absolute atomic E-state index is 0.0976. The van der Waals surface area contributed by atoms with Crippen LogP contribution in [0.2, 0.25) is 0 Å². The van der Waals surface area contributed by atoms with Crippen molar-refractivity contribution >= 4 is 6.09 Å². The monoisotopic (exact) mass is 471 g/mol. The minimum atomic E-state index is -0.265. The lowest BCUT2D eigenvalue weighted by Crippen LogP contribution is -2.59. The van der Waals surface area contributed by atoms with E-state index >= 15 is 0 Å². The summed E-state index contributed by atoms with van der Waals surface area (Å²) in [4.78, 5) is 23.9. The van der Waals surface area contributed by atoms with E-state index in [1.165, 1.54) is 31.7 Å². The van der Waals surface area contributed by atoms with Crippen LogP contribution in [0.4, 0.5) is 4.79 Å². The number of rotatable bonds is 2. The number of ether oxygens (including phenoxy) is 1. The Morgan fingerprint density at radius 3 is 2.12 bits per heavy atom. The number of likely N-dealkylation sites (tertiary alicyclic amines) is 1. The minimum Gasteiger partial charge on any atom is -0.440 e. The molecule has 7 nitrogen and oxygen atoms in total. The number of likely N-dealkylation sites (N-methyl/N-ethyl adjacent to an activating group) is 2. The fraction of sp³-hybridized carbons (Fsp3) is 0.741. The average molecular weight is 472 g/mol. The Bertz CT molecular complexity index is 795. The van der Waals surface area contributed by atoms with Gasteiger partial charge in [-0.05, 0) is 40.4 Å². The van der Waals surface area contributed by atoms with Crippen LogP contribution >= 0.6 is 0 Å². The van der Waals surface area contributed by atoms with E-state index in [2.05, 4.69) is 84.8 Å². The quantitative estimate of drug-likeness (QED) is 0.661. The van der Waals surface area contributed by atoms with Crippen LogP contribution in [0.5, 0.6) is 0 Å². The molecule has 1 atom stereocenters. The lowest BCUT2D eigenvalue weighted by molar-refractivity contribution is -0.0337. The number of carbonyl (C=O) groups excluding carboxylic acids is 1. The second kappa shape index (κ2) is 10.5. The van der Waals surface area contributed by atoms with Crippen LogP contribution < -0.4 is 0 Å². The van der Waals surface area contributed by atoms with E-state index in [0.29, 0.717) is 5.54 Å². The van der Waals surface area contributed by atoms with Crippen LogP contribution in [0, 0.1) is 0 Å². The maximum absolute atomic E-state index is 12.2. The van der Waals surface area contributed by atoms with Crippen molar-refractivity contribution in [2.45, 2.75) is 57.3 Å². The van der Waals surface area contributed by atoms with Gasteiger partial charge in [-0.25, -0.2) is 4.79 Å². The van der Waals surface area contributed by atoms with Crippen LogP contribution in [-0.4, -0.2) is 121 Å². The molecule has 34 heavy (non-hydrogen) atoms. The summed E-state index contributed by atoms with van der Waals surface area (Å²) in [5, 5.41) is 0. The molecule has 5 rings (SSSR count). The molecule has 0 N–H and O–H groups in total. The number of fused-ring (bicyclic) bond motifs is 2. The van der Waals surface area contributed by atoms with Crippen molar-refractivity contribution < 1.29 is 9.53 Å². The Kier molecular flexibility index (Phi) is 7.87. The molecule has 0 radical (unpaired) electrons. The third kappa shape index (κ3) is 5.93. The molecule has 1 aromatic carbocycles. The number of piperidine rings is 1. The molecular formula is C27H45N5O2. The van der Waals surface area contributed by atoms with Gasteiger partial charge in [0, 0.05) is 83.8 Å². The van der Waals surface area contributed by atoms with E-state index in [0.717, 1.165) is 52.1 Å². The summed E-state index contributed by atoms with van der Waals surface area (Å²) in [5.74, 6) is 0. The normalized spacial score (nSPS) is 26.7. The van der Waals surface area contributed by atoms with Crippen molar-refractivity contribution in [1.29, 1.82) is 0 Å². The molecule has 0 saturated carbocycles. The second-order valence-corrected chi connectivity index (χ2v) is 11.6. The van der Waals surface area contributed by atoms with Crippen LogP contribution in [0.25, 0.3) is 0 Å². The van der Waals surface area contributed by atoms with Crippen LogP contribution in [-0.2, 0) is 11.3 Å². The number of amides is 1. The van der Waals surface area contributed by atoms with Gasteiger partial charge in [0.05, 0.1) is 6.04 Å². The predicted molar refractivity (Wildman–Crippen MR) is 137 cm³/mol. The van der Waals surface area contributed by atoms with Gasteiger partial charge in [-0.1, -0.05) is 30.3 Å². The molecule has 0 aromatic heterocycles. The van der Waals surface area contributed by atoms with Crippen LogP contribution in [0.15, 0.2) is 30.3 Å². The van der Waals surface area contributed by atoms with Crippen LogP contribution in [0.3, 0.4) is 0 Å². The number of hydrogen-bond acceptors (Lipinski definition) is 6. The van der Waals surface area contributed by atoms with Crippen LogP contribution in [0.1, 0.15) is 39.2 Å². The SMILES string of the molecule is CN1CCN(C(C)(C)C)CC1.CN1CCN2C(=O)OC3(CCN(Cc4ccccc4)CC3)C2C1. The first-order chi connectivity index (χ1) is 16.2. The van der Waals surface area contributed by atoms with E-state index in [4.69, 9.17) is 4.74 Å². The molecule has 1 spiro atoms. The molecule has 0 aliphatic carbocycles. The fourth-order valence-electron chi connectivity index (χ4n) is 5.73. The van der Waals surface area contributed by atoms with Crippen molar-refractivity contribution in [3.05, 3.63) is 35.9 Å². The summed E-state index contributed by atoms with van der Waals surface area (Å²) in [6, 6.07) is 10.8. The van der Waals surface area contributed by atoms with Gasteiger partial charge in [0.15, 0.2) is 0 Å². The Labute approximate surface area is 206 Å². The smallest absolute Gasteiger partial charge is 0.410 e. The Hall–Kier alpha value is -1.67. The molecule has 4 fully saturated rings. The van der Waals surface area contributed by atoms with Crippen molar-refractivity contribution in [1.82, 2.24) is 24.5 Å². The first-order valence-corrected chi connectivity index (χ1v) is 13.0. The van der Waals surface area contributed by atoms with E-state index in [-0.39, 0.29) is 17.7 Å². The fourth-order valence-corrected chi connectivity index (χ4v) is 5.73. The maximum Gasteiger partial charge on any atom is 0.410 e. The highest BCUT2D eigenvalue weighted by Crippen LogP contribution is 2.40. The first-order valence-electron chi connectivity index (χ1n) is 13.0. The molecular weight excluding hydrogens is 426 g/mol. The highest BCUT2D eigenvalue weighted by molar-refractivity contribution is 5.72. The summed E-state index contributed by atoms with van der Waals surface area (Å²) in [7, 11) is 4.33. The third-order valence-electron chi connectivity index (χ3n) is 8.12. The molecule has 4 aliphatic heterocycles. The van der Waals surface area contributed by atoms with Gasteiger partial charge in [0.2, 0.25) is 0 Å². The van der Waals surface area contributed by atoms with Gasteiger partial charge in [0.1, 0.15) is 5.60 Å². The summed E-state index contributed by atoms with van der Waals surface area (Å²) >= 11 is 0. The Balaban J connectivity index is 0.000000210. The third-order valence-corrected chi connectivity index (χ3v) is 8.12. The zero-order valence-electron chi connectivity index (χ0n) is 22.0. The summed E-state index contributed by atoms with van der Waals surface area (Å²) in [5.41, 5.74) is 1.45. The molecule has 1 unspecified atom stereocenters. The van der Waals surface area contributed by atoms with E-state index in [1.54, 1.807) is 0 Å². The van der Waals surface area contributed by atoms with E-state index in [1.807, 2.05) is 4.90 Å². The molecule has 4 heterocycles.